The van der Waals surface area contributed by atoms with Gasteiger partial charge in [0.2, 0.25) is 0 Å². The lowest BCUT2D eigenvalue weighted by molar-refractivity contribution is 0.402. The molecule has 0 fully saturated rings. The first-order chi connectivity index (χ1) is 15.0. The van der Waals surface area contributed by atoms with E-state index in [-0.39, 0.29) is 11.3 Å². The number of aliphatic hydroxyl groups excluding tert-OH is 1. The standard InChI is InChI=1S/C22H18ClN5OS2/c1-3-28-20(14-7-6-8-15(23)11-14)26-27-22(28)30-13(2)19(29)16(12-24)21-25-17-9-4-5-10-18(17)31-21/h4-11,13,29H,3H2,1-2H3/b19-16-. The summed E-state index contributed by atoms with van der Waals surface area (Å²) in [4.78, 5) is 4.50. The van der Waals surface area contributed by atoms with Gasteiger partial charge < -0.3 is 9.67 Å². The van der Waals surface area contributed by atoms with Crippen LogP contribution in [0.2, 0.25) is 5.02 Å². The van der Waals surface area contributed by atoms with Crippen LogP contribution in [0.5, 0.6) is 0 Å². The number of benzene rings is 2. The lowest BCUT2D eigenvalue weighted by atomic mass is 10.2. The Hall–Kier alpha value is -2.86. The van der Waals surface area contributed by atoms with E-state index in [4.69, 9.17) is 11.6 Å². The lowest BCUT2D eigenvalue weighted by Gasteiger charge is -2.13. The Labute approximate surface area is 192 Å². The number of thioether (sulfide) groups is 1. The lowest BCUT2D eigenvalue weighted by Crippen LogP contribution is -2.07. The molecule has 156 valence electrons. The number of hydrogen-bond acceptors (Lipinski definition) is 7. The fourth-order valence-electron chi connectivity index (χ4n) is 3.11. The minimum absolute atomic E-state index is 0.0264. The highest BCUT2D eigenvalue weighted by atomic mass is 35.5. The van der Waals surface area contributed by atoms with Gasteiger partial charge in [0, 0.05) is 17.1 Å². The van der Waals surface area contributed by atoms with E-state index >= 15 is 0 Å². The van der Waals surface area contributed by atoms with Crippen LogP contribution in [0.1, 0.15) is 18.9 Å². The summed E-state index contributed by atoms with van der Waals surface area (Å²) < 4.78 is 2.93. The van der Waals surface area contributed by atoms with Crippen LogP contribution < -0.4 is 0 Å². The Morgan fingerprint density at radius 2 is 2.06 bits per heavy atom. The van der Waals surface area contributed by atoms with Gasteiger partial charge in [-0.2, -0.15) is 5.26 Å². The maximum Gasteiger partial charge on any atom is 0.192 e. The van der Waals surface area contributed by atoms with Crippen LogP contribution >= 0.6 is 34.7 Å². The number of hydrogen-bond donors (Lipinski definition) is 1. The number of aliphatic hydroxyl groups is 1. The van der Waals surface area contributed by atoms with Crippen molar-refractivity contribution >= 4 is 50.5 Å². The van der Waals surface area contributed by atoms with E-state index in [0.717, 1.165) is 15.8 Å². The maximum atomic E-state index is 10.9. The molecule has 4 aromatic rings. The SMILES string of the molecule is CCn1c(SC(C)/C(O)=C(\C#N)c2nc3ccccc3s2)nnc1-c1cccc(Cl)c1. The zero-order valence-electron chi connectivity index (χ0n) is 16.8. The number of thiazole rings is 1. The Morgan fingerprint density at radius 1 is 1.26 bits per heavy atom. The van der Waals surface area contributed by atoms with Crippen LogP contribution in [0.3, 0.4) is 0 Å². The van der Waals surface area contributed by atoms with Crippen LogP contribution in [0.4, 0.5) is 0 Å². The molecule has 1 N–H and O–H groups in total. The van der Waals surface area contributed by atoms with Crippen molar-refractivity contribution in [1.29, 1.82) is 5.26 Å². The van der Waals surface area contributed by atoms with Crippen LogP contribution in [0.25, 0.3) is 27.2 Å². The van der Waals surface area contributed by atoms with E-state index in [2.05, 4.69) is 21.3 Å². The van der Waals surface area contributed by atoms with Crippen molar-refractivity contribution in [2.24, 2.45) is 0 Å². The second kappa shape index (κ2) is 9.10. The highest BCUT2D eigenvalue weighted by Gasteiger charge is 2.22. The van der Waals surface area contributed by atoms with Gasteiger partial charge in [-0.1, -0.05) is 47.6 Å². The van der Waals surface area contributed by atoms with Crippen molar-refractivity contribution in [2.75, 3.05) is 0 Å². The van der Waals surface area contributed by atoms with Crippen molar-refractivity contribution in [3.05, 3.63) is 64.3 Å². The van der Waals surface area contributed by atoms with Gasteiger partial charge in [0.05, 0.1) is 15.5 Å². The summed E-state index contributed by atoms with van der Waals surface area (Å²) in [6, 6.07) is 17.2. The number of halogens is 1. The predicted octanol–water partition coefficient (Wildman–Crippen LogP) is 6.20. The second-order valence-corrected chi connectivity index (χ2v) is 9.45. The van der Waals surface area contributed by atoms with E-state index < -0.39 is 5.25 Å². The van der Waals surface area contributed by atoms with Crippen molar-refractivity contribution in [3.8, 4) is 17.5 Å². The van der Waals surface area contributed by atoms with Gasteiger partial charge in [-0.15, -0.1) is 21.5 Å². The zero-order valence-corrected chi connectivity index (χ0v) is 19.2. The average molecular weight is 468 g/mol. The Morgan fingerprint density at radius 3 is 2.77 bits per heavy atom. The second-order valence-electron chi connectivity index (χ2n) is 6.68. The molecule has 4 rings (SSSR count). The van der Waals surface area contributed by atoms with Crippen molar-refractivity contribution in [3.63, 3.8) is 0 Å². The van der Waals surface area contributed by atoms with Crippen LogP contribution in [0.15, 0.2) is 59.4 Å². The molecule has 2 aromatic heterocycles. The highest BCUT2D eigenvalue weighted by Crippen LogP contribution is 2.34. The largest absolute Gasteiger partial charge is 0.510 e. The number of fused-ring (bicyclic) bond motifs is 1. The fraction of sp³-hybridized carbons (Fsp3) is 0.182. The summed E-state index contributed by atoms with van der Waals surface area (Å²) in [5.41, 5.74) is 1.85. The van der Waals surface area contributed by atoms with Crippen molar-refractivity contribution in [1.82, 2.24) is 19.7 Å². The summed E-state index contributed by atoms with van der Waals surface area (Å²) in [6.07, 6.45) is 0. The summed E-state index contributed by atoms with van der Waals surface area (Å²) in [5, 5.41) is 30.6. The third kappa shape index (κ3) is 4.30. The Balaban J connectivity index is 1.65. The summed E-state index contributed by atoms with van der Waals surface area (Å²) >= 11 is 8.85. The smallest absolute Gasteiger partial charge is 0.192 e. The summed E-state index contributed by atoms with van der Waals surface area (Å²) in [6.45, 7) is 4.49. The number of para-hydroxylation sites is 1. The van der Waals surface area contributed by atoms with Crippen molar-refractivity contribution < 1.29 is 5.11 Å². The molecule has 1 atom stereocenters. The number of nitriles is 1. The van der Waals surface area contributed by atoms with E-state index in [0.29, 0.717) is 27.6 Å². The Bertz CT molecular complexity index is 1290. The minimum Gasteiger partial charge on any atom is -0.510 e. The topological polar surface area (TPSA) is 87.6 Å². The van der Waals surface area contributed by atoms with Crippen LogP contribution in [-0.4, -0.2) is 30.1 Å². The summed E-state index contributed by atoms with van der Waals surface area (Å²) in [7, 11) is 0. The molecule has 0 saturated carbocycles. The molecule has 2 aromatic carbocycles. The first-order valence-electron chi connectivity index (χ1n) is 9.56. The quantitative estimate of drug-likeness (QED) is 0.206. The Kier molecular flexibility index (Phi) is 6.28. The monoisotopic (exact) mass is 467 g/mol. The molecular weight excluding hydrogens is 450 g/mol. The highest BCUT2D eigenvalue weighted by molar-refractivity contribution is 7.99. The van der Waals surface area contributed by atoms with E-state index in [1.807, 2.05) is 66.9 Å². The van der Waals surface area contributed by atoms with Crippen LogP contribution in [0, 0.1) is 11.3 Å². The van der Waals surface area contributed by atoms with Gasteiger partial charge in [-0.05, 0) is 38.1 Å². The maximum absolute atomic E-state index is 10.9. The average Bonchev–Trinajstić information content (AvgIpc) is 3.37. The van der Waals surface area contributed by atoms with E-state index in [1.54, 1.807) is 0 Å². The third-order valence-electron chi connectivity index (χ3n) is 4.66. The third-order valence-corrected chi connectivity index (χ3v) is 7.04. The molecule has 0 radical (unpaired) electrons. The van der Waals surface area contributed by atoms with Gasteiger partial charge in [-0.25, -0.2) is 4.98 Å². The fourth-order valence-corrected chi connectivity index (χ4v) is 5.25. The first-order valence-corrected chi connectivity index (χ1v) is 11.6. The van der Waals surface area contributed by atoms with Crippen LogP contribution in [-0.2, 0) is 6.54 Å². The van der Waals surface area contributed by atoms with Gasteiger partial charge >= 0.3 is 0 Å². The van der Waals surface area contributed by atoms with Gasteiger partial charge in [0.15, 0.2) is 11.0 Å². The number of rotatable bonds is 6. The molecule has 0 saturated heterocycles. The van der Waals surface area contributed by atoms with Gasteiger partial charge in [0.1, 0.15) is 22.4 Å². The van der Waals surface area contributed by atoms with E-state index in [1.165, 1.54) is 23.1 Å². The van der Waals surface area contributed by atoms with Gasteiger partial charge in [-0.3, -0.25) is 0 Å². The molecule has 2 heterocycles. The number of nitrogens with zero attached hydrogens (tertiary/aromatic N) is 5. The number of allylic oxidation sites excluding steroid dienone is 1. The summed E-state index contributed by atoms with van der Waals surface area (Å²) in [5.74, 6) is 0.677. The molecule has 0 bridgehead atoms. The molecule has 0 spiro atoms. The number of aromatic nitrogens is 4. The molecule has 9 heteroatoms. The van der Waals surface area contributed by atoms with Crippen molar-refractivity contribution in [2.45, 2.75) is 30.8 Å². The molecule has 1 unspecified atom stereocenters. The van der Waals surface area contributed by atoms with E-state index in [9.17, 15) is 10.4 Å². The molecule has 0 aliphatic rings. The molecule has 6 nitrogen and oxygen atoms in total. The first kappa shape index (κ1) is 21.4. The normalized spacial score (nSPS) is 13.1. The van der Waals surface area contributed by atoms with Gasteiger partial charge in [0.25, 0.3) is 0 Å². The molecule has 31 heavy (non-hydrogen) atoms. The zero-order chi connectivity index (χ0) is 22.0. The molecule has 0 aliphatic carbocycles. The molecule has 0 amide bonds. The molecule has 0 aliphatic heterocycles. The molecular formula is C22H18ClN5OS2. The minimum atomic E-state index is -0.414. The predicted molar refractivity (Wildman–Crippen MR) is 126 cm³/mol.